The van der Waals surface area contributed by atoms with Gasteiger partial charge in [0.1, 0.15) is 5.76 Å². The summed E-state index contributed by atoms with van der Waals surface area (Å²) < 4.78 is 0. The van der Waals surface area contributed by atoms with Gasteiger partial charge in [-0.15, -0.1) is 0 Å². The molecule has 1 N–H and O–H groups in total. The van der Waals surface area contributed by atoms with Crippen LogP contribution in [0.3, 0.4) is 0 Å². The van der Waals surface area contributed by atoms with Crippen molar-refractivity contribution in [3.05, 3.63) is 47.0 Å². The number of aliphatic hydroxyl groups is 1. The van der Waals surface area contributed by atoms with E-state index in [9.17, 15) is 5.11 Å². The highest BCUT2D eigenvalue weighted by molar-refractivity contribution is 5.70. The minimum absolute atomic E-state index is 0.308. The smallest absolute Gasteiger partial charge is 0.119 e. The summed E-state index contributed by atoms with van der Waals surface area (Å²) >= 11 is 0. The van der Waals surface area contributed by atoms with Crippen LogP contribution in [0.2, 0.25) is 0 Å². The Morgan fingerprint density at radius 3 is 2.36 bits per heavy atom. The standard InChI is InChI=1S/C13H16O/c1-5-11-7-9(3)10(4)8-12(11)13(14)6-2/h5-8,14H,1H2,2-4H3/b13-6-. The molecule has 1 aromatic rings. The van der Waals surface area contributed by atoms with Crippen LogP contribution in [0, 0.1) is 13.8 Å². The molecule has 0 fully saturated rings. The van der Waals surface area contributed by atoms with E-state index < -0.39 is 0 Å². The van der Waals surface area contributed by atoms with Crippen molar-refractivity contribution in [3.63, 3.8) is 0 Å². The lowest BCUT2D eigenvalue weighted by atomic mass is 9.98. The van der Waals surface area contributed by atoms with Crippen LogP contribution in [-0.2, 0) is 0 Å². The monoisotopic (exact) mass is 188 g/mol. The van der Waals surface area contributed by atoms with Gasteiger partial charge in [0.25, 0.3) is 0 Å². The molecule has 1 nitrogen and oxygen atoms in total. The van der Waals surface area contributed by atoms with Crippen molar-refractivity contribution >= 4 is 11.8 Å². The molecule has 0 aromatic heterocycles. The molecule has 0 aliphatic rings. The molecular weight excluding hydrogens is 172 g/mol. The molecule has 0 heterocycles. The maximum Gasteiger partial charge on any atom is 0.119 e. The van der Waals surface area contributed by atoms with Gasteiger partial charge in [0.2, 0.25) is 0 Å². The highest BCUT2D eigenvalue weighted by atomic mass is 16.3. The van der Waals surface area contributed by atoms with Crippen molar-refractivity contribution < 1.29 is 5.11 Å². The van der Waals surface area contributed by atoms with Crippen molar-refractivity contribution in [2.45, 2.75) is 20.8 Å². The molecule has 0 bridgehead atoms. The molecule has 74 valence electrons. The predicted octanol–water partition coefficient (Wildman–Crippen LogP) is 3.87. The molecule has 14 heavy (non-hydrogen) atoms. The van der Waals surface area contributed by atoms with E-state index in [4.69, 9.17) is 0 Å². The maximum absolute atomic E-state index is 9.67. The van der Waals surface area contributed by atoms with E-state index in [0.717, 1.165) is 11.1 Å². The quantitative estimate of drug-likeness (QED) is 0.698. The van der Waals surface area contributed by atoms with Gasteiger partial charge in [-0.05, 0) is 49.6 Å². The van der Waals surface area contributed by atoms with Crippen molar-refractivity contribution in [2.24, 2.45) is 0 Å². The highest BCUT2D eigenvalue weighted by Gasteiger charge is 2.05. The van der Waals surface area contributed by atoms with Crippen LogP contribution in [-0.4, -0.2) is 5.11 Å². The van der Waals surface area contributed by atoms with Crippen LogP contribution in [0.4, 0.5) is 0 Å². The first-order chi connectivity index (χ1) is 6.60. The fourth-order valence-corrected chi connectivity index (χ4v) is 1.38. The van der Waals surface area contributed by atoms with Gasteiger partial charge in [-0.2, -0.15) is 0 Å². The number of hydrogen-bond acceptors (Lipinski definition) is 1. The summed E-state index contributed by atoms with van der Waals surface area (Å²) in [5.74, 6) is 0.308. The average Bonchev–Trinajstić information content (AvgIpc) is 2.20. The SMILES string of the molecule is C=Cc1cc(C)c(C)cc1/C(O)=C/C. The predicted molar refractivity (Wildman–Crippen MR) is 62.3 cm³/mol. The summed E-state index contributed by atoms with van der Waals surface area (Å²) in [6.07, 6.45) is 3.46. The topological polar surface area (TPSA) is 20.2 Å². The Labute approximate surface area is 85.4 Å². The minimum atomic E-state index is 0.308. The first-order valence-corrected chi connectivity index (χ1v) is 4.69. The molecule has 0 amide bonds. The third-order valence-corrected chi connectivity index (χ3v) is 2.44. The molecule has 0 aliphatic heterocycles. The molecule has 0 saturated carbocycles. The second-order valence-electron chi connectivity index (χ2n) is 3.40. The second-order valence-corrected chi connectivity index (χ2v) is 3.40. The average molecular weight is 188 g/mol. The first-order valence-electron chi connectivity index (χ1n) is 4.69. The van der Waals surface area contributed by atoms with Gasteiger partial charge < -0.3 is 5.11 Å². The molecule has 1 rings (SSSR count). The lowest BCUT2D eigenvalue weighted by molar-refractivity contribution is 0.510. The fourth-order valence-electron chi connectivity index (χ4n) is 1.38. The molecule has 0 radical (unpaired) electrons. The van der Waals surface area contributed by atoms with Gasteiger partial charge in [-0.1, -0.05) is 18.7 Å². The first kappa shape index (κ1) is 10.6. The zero-order chi connectivity index (χ0) is 10.7. The van der Waals surface area contributed by atoms with E-state index >= 15 is 0 Å². The summed E-state index contributed by atoms with van der Waals surface area (Å²) in [6.45, 7) is 9.65. The fraction of sp³-hybridized carbons (Fsp3) is 0.231. The maximum atomic E-state index is 9.67. The van der Waals surface area contributed by atoms with Gasteiger partial charge in [0.05, 0.1) is 0 Å². The number of hydrogen-bond donors (Lipinski definition) is 1. The highest BCUT2D eigenvalue weighted by Crippen LogP contribution is 2.22. The Kier molecular flexibility index (Phi) is 3.13. The molecule has 1 heteroatoms. The van der Waals surface area contributed by atoms with Gasteiger partial charge in [0, 0.05) is 5.56 Å². The molecule has 0 saturated heterocycles. The van der Waals surface area contributed by atoms with Crippen molar-refractivity contribution in [1.82, 2.24) is 0 Å². The van der Waals surface area contributed by atoms with E-state index in [-0.39, 0.29) is 0 Å². The van der Waals surface area contributed by atoms with E-state index in [1.54, 1.807) is 12.2 Å². The van der Waals surface area contributed by atoms with Crippen molar-refractivity contribution in [3.8, 4) is 0 Å². The molecular formula is C13H16O. The van der Waals surface area contributed by atoms with Crippen LogP contribution in [0.1, 0.15) is 29.2 Å². The zero-order valence-electron chi connectivity index (χ0n) is 8.96. The Morgan fingerprint density at radius 1 is 1.29 bits per heavy atom. The second kappa shape index (κ2) is 4.14. The van der Waals surface area contributed by atoms with E-state index in [1.165, 1.54) is 11.1 Å². The Bertz CT molecular complexity index is 386. The molecule has 0 aliphatic carbocycles. The van der Waals surface area contributed by atoms with Gasteiger partial charge in [-0.3, -0.25) is 0 Å². The van der Waals surface area contributed by atoms with Crippen molar-refractivity contribution in [2.75, 3.05) is 0 Å². The number of benzene rings is 1. The molecule has 1 aromatic carbocycles. The normalized spacial score (nSPS) is 11.5. The largest absolute Gasteiger partial charge is 0.508 e. The summed E-state index contributed by atoms with van der Waals surface area (Å²) in [5, 5.41) is 9.67. The summed E-state index contributed by atoms with van der Waals surface area (Å²) in [4.78, 5) is 0. The number of rotatable bonds is 2. The summed E-state index contributed by atoms with van der Waals surface area (Å²) in [7, 11) is 0. The third-order valence-electron chi connectivity index (χ3n) is 2.44. The van der Waals surface area contributed by atoms with E-state index in [2.05, 4.69) is 13.5 Å². The van der Waals surface area contributed by atoms with E-state index in [0.29, 0.717) is 5.76 Å². The minimum Gasteiger partial charge on any atom is -0.508 e. The van der Waals surface area contributed by atoms with Crippen LogP contribution in [0.15, 0.2) is 24.8 Å². The summed E-state index contributed by atoms with van der Waals surface area (Å²) in [5.41, 5.74) is 4.22. The van der Waals surface area contributed by atoms with Crippen molar-refractivity contribution in [1.29, 1.82) is 0 Å². The lowest BCUT2D eigenvalue weighted by Gasteiger charge is -2.09. The Balaban J connectivity index is 3.42. The van der Waals surface area contributed by atoms with Gasteiger partial charge in [0.15, 0.2) is 0 Å². The Hall–Kier alpha value is -1.50. The van der Waals surface area contributed by atoms with Crippen LogP contribution in [0.5, 0.6) is 0 Å². The number of aliphatic hydroxyl groups excluding tert-OH is 1. The van der Waals surface area contributed by atoms with Crippen LogP contribution >= 0.6 is 0 Å². The summed E-state index contributed by atoms with van der Waals surface area (Å²) in [6, 6.07) is 4.03. The van der Waals surface area contributed by atoms with E-state index in [1.807, 2.05) is 26.0 Å². The lowest BCUT2D eigenvalue weighted by Crippen LogP contribution is -1.92. The van der Waals surface area contributed by atoms with Gasteiger partial charge >= 0.3 is 0 Å². The molecule has 0 unspecified atom stereocenters. The van der Waals surface area contributed by atoms with Crippen LogP contribution < -0.4 is 0 Å². The Morgan fingerprint density at radius 2 is 1.86 bits per heavy atom. The molecule has 0 spiro atoms. The molecule has 0 atom stereocenters. The third kappa shape index (κ3) is 1.87. The van der Waals surface area contributed by atoms with Crippen LogP contribution in [0.25, 0.3) is 11.8 Å². The van der Waals surface area contributed by atoms with Gasteiger partial charge in [-0.25, -0.2) is 0 Å². The number of allylic oxidation sites excluding steroid dienone is 1. The zero-order valence-corrected chi connectivity index (χ0v) is 8.96. The number of aryl methyl sites for hydroxylation is 2.